The summed E-state index contributed by atoms with van der Waals surface area (Å²) in [6.45, 7) is 12.0. The lowest BCUT2D eigenvalue weighted by atomic mass is 10.0. The van der Waals surface area contributed by atoms with Crippen LogP contribution in [0.2, 0.25) is 0 Å². The van der Waals surface area contributed by atoms with E-state index < -0.39 is 0 Å². The predicted octanol–water partition coefficient (Wildman–Crippen LogP) is 3.28. The maximum absolute atomic E-state index is 3.53. The van der Waals surface area contributed by atoms with Crippen LogP contribution in [-0.4, -0.2) is 37.1 Å². The van der Waals surface area contributed by atoms with Gasteiger partial charge in [-0.2, -0.15) is 0 Å². The van der Waals surface area contributed by atoms with Crippen LogP contribution in [0.3, 0.4) is 0 Å². The van der Waals surface area contributed by atoms with Crippen LogP contribution in [0.5, 0.6) is 0 Å². The Bertz CT molecular complexity index is 182. The summed E-state index contributed by atoms with van der Waals surface area (Å²) in [7, 11) is 0. The SMILES string of the molecule is CCCCCCC(C)N1CCCNCC(C)C1. The molecule has 0 bridgehead atoms. The molecule has 102 valence electrons. The minimum absolute atomic E-state index is 0.785. The van der Waals surface area contributed by atoms with Gasteiger partial charge in [0.25, 0.3) is 0 Å². The Balaban J connectivity index is 2.24. The molecule has 2 atom stereocenters. The van der Waals surface area contributed by atoms with Gasteiger partial charge in [-0.25, -0.2) is 0 Å². The molecule has 0 aromatic carbocycles. The van der Waals surface area contributed by atoms with Crippen LogP contribution in [0.4, 0.5) is 0 Å². The van der Waals surface area contributed by atoms with E-state index in [2.05, 4.69) is 31.0 Å². The molecule has 0 radical (unpaired) electrons. The number of nitrogens with zero attached hydrogens (tertiary/aromatic N) is 1. The molecule has 1 saturated heterocycles. The fourth-order valence-corrected chi connectivity index (χ4v) is 2.76. The van der Waals surface area contributed by atoms with Crippen LogP contribution < -0.4 is 5.32 Å². The first kappa shape index (κ1) is 15.0. The molecule has 1 fully saturated rings. The summed E-state index contributed by atoms with van der Waals surface area (Å²) in [5.74, 6) is 0.799. The summed E-state index contributed by atoms with van der Waals surface area (Å²) >= 11 is 0. The summed E-state index contributed by atoms with van der Waals surface area (Å²) in [6.07, 6.45) is 8.30. The predicted molar refractivity (Wildman–Crippen MR) is 76.4 cm³/mol. The minimum atomic E-state index is 0.785. The van der Waals surface area contributed by atoms with Crippen molar-refractivity contribution in [2.24, 2.45) is 5.92 Å². The number of hydrogen-bond acceptors (Lipinski definition) is 2. The summed E-state index contributed by atoms with van der Waals surface area (Å²) in [5.41, 5.74) is 0. The maximum atomic E-state index is 3.53. The highest BCUT2D eigenvalue weighted by Crippen LogP contribution is 2.14. The molecule has 0 aromatic heterocycles. The standard InChI is InChI=1S/C15H32N2/c1-4-5-6-7-9-15(3)17-11-8-10-16-12-14(2)13-17/h14-16H,4-13H2,1-3H3. The highest BCUT2D eigenvalue weighted by Gasteiger charge is 2.17. The quantitative estimate of drug-likeness (QED) is 0.717. The molecule has 0 aliphatic carbocycles. The fraction of sp³-hybridized carbons (Fsp3) is 1.00. The van der Waals surface area contributed by atoms with E-state index in [0.29, 0.717) is 0 Å². The average molecular weight is 240 g/mol. The Kier molecular flexibility index (Phi) is 7.87. The van der Waals surface area contributed by atoms with E-state index in [1.54, 1.807) is 0 Å². The lowest BCUT2D eigenvalue weighted by Gasteiger charge is -2.33. The van der Waals surface area contributed by atoms with E-state index in [1.807, 2.05) is 0 Å². The van der Waals surface area contributed by atoms with Crippen molar-refractivity contribution in [3.63, 3.8) is 0 Å². The van der Waals surface area contributed by atoms with Crippen LogP contribution in [-0.2, 0) is 0 Å². The molecule has 1 rings (SSSR count). The van der Waals surface area contributed by atoms with Gasteiger partial charge in [0.15, 0.2) is 0 Å². The third-order valence-corrected chi connectivity index (χ3v) is 3.94. The van der Waals surface area contributed by atoms with Crippen LogP contribution in [0.15, 0.2) is 0 Å². The largest absolute Gasteiger partial charge is 0.316 e. The smallest absolute Gasteiger partial charge is 0.00670 e. The van der Waals surface area contributed by atoms with Crippen LogP contribution >= 0.6 is 0 Å². The third kappa shape index (κ3) is 6.42. The molecule has 1 heterocycles. The molecule has 0 saturated carbocycles. The van der Waals surface area contributed by atoms with Crippen molar-refractivity contribution in [2.75, 3.05) is 26.2 Å². The van der Waals surface area contributed by atoms with Crippen LogP contribution in [0, 0.1) is 5.92 Å². The molecule has 1 aliphatic rings. The van der Waals surface area contributed by atoms with Crippen molar-refractivity contribution >= 4 is 0 Å². The van der Waals surface area contributed by atoms with Crippen molar-refractivity contribution < 1.29 is 0 Å². The molecule has 0 aromatic rings. The van der Waals surface area contributed by atoms with Gasteiger partial charge in [-0.05, 0) is 45.3 Å². The Labute approximate surface area is 108 Å². The molecule has 2 unspecified atom stereocenters. The lowest BCUT2D eigenvalue weighted by molar-refractivity contribution is 0.157. The van der Waals surface area contributed by atoms with Crippen molar-refractivity contribution in [2.45, 2.75) is 65.3 Å². The fourth-order valence-electron chi connectivity index (χ4n) is 2.76. The highest BCUT2D eigenvalue weighted by atomic mass is 15.2. The van der Waals surface area contributed by atoms with Crippen LogP contribution in [0.25, 0.3) is 0 Å². The molecule has 0 amide bonds. The number of unbranched alkanes of at least 4 members (excludes halogenated alkanes) is 3. The third-order valence-electron chi connectivity index (χ3n) is 3.94. The van der Waals surface area contributed by atoms with Gasteiger partial charge in [0.2, 0.25) is 0 Å². The van der Waals surface area contributed by atoms with E-state index in [-0.39, 0.29) is 0 Å². The van der Waals surface area contributed by atoms with E-state index in [4.69, 9.17) is 0 Å². The van der Waals surface area contributed by atoms with Gasteiger partial charge in [-0.3, -0.25) is 0 Å². The van der Waals surface area contributed by atoms with Crippen molar-refractivity contribution in [1.29, 1.82) is 0 Å². The Morgan fingerprint density at radius 3 is 2.88 bits per heavy atom. The van der Waals surface area contributed by atoms with Gasteiger partial charge in [-0.15, -0.1) is 0 Å². The molecular weight excluding hydrogens is 208 g/mol. The molecular formula is C15H32N2. The lowest BCUT2D eigenvalue weighted by Crippen LogP contribution is -2.43. The van der Waals surface area contributed by atoms with Crippen LogP contribution in [0.1, 0.15) is 59.3 Å². The van der Waals surface area contributed by atoms with E-state index in [0.717, 1.165) is 12.0 Å². The zero-order valence-corrected chi connectivity index (χ0v) is 12.2. The summed E-state index contributed by atoms with van der Waals surface area (Å²) in [6, 6.07) is 0.785. The van der Waals surface area contributed by atoms with Gasteiger partial charge < -0.3 is 10.2 Å². The molecule has 1 aliphatic heterocycles. The Hall–Kier alpha value is -0.0800. The van der Waals surface area contributed by atoms with Gasteiger partial charge in [-0.1, -0.05) is 39.5 Å². The monoisotopic (exact) mass is 240 g/mol. The van der Waals surface area contributed by atoms with Crippen molar-refractivity contribution in [3.05, 3.63) is 0 Å². The van der Waals surface area contributed by atoms with Crippen molar-refractivity contribution in [1.82, 2.24) is 10.2 Å². The molecule has 2 heteroatoms. The molecule has 0 spiro atoms. The first-order valence-electron chi connectivity index (χ1n) is 7.68. The van der Waals surface area contributed by atoms with Gasteiger partial charge in [0.05, 0.1) is 0 Å². The summed E-state index contributed by atoms with van der Waals surface area (Å²) < 4.78 is 0. The second kappa shape index (κ2) is 8.93. The van der Waals surface area contributed by atoms with Gasteiger partial charge in [0, 0.05) is 12.6 Å². The molecule has 2 nitrogen and oxygen atoms in total. The van der Waals surface area contributed by atoms with E-state index in [9.17, 15) is 0 Å². The van der Waals surface area contributed by atoms with Gasteiger partial charge >= 0.3 is 0 Å². The zero-order chi connectivity index (χ0) is 12.5. The normalized spacial score (nSPS) is 25.2. The van der Waals surface area contributed by atoms with E-state index in [1.165, 1.54) is 64.7 Å². The highest BCUT2D eigenvalue weighted by molar-refractivity contribution is 4.74. The van der Waals surface area contributed by atoms with Crippen molar-refractivity contribution in [3.8, 4) is 0 Å². The zero-order valence-electron chi connectivity index (χ0n) is 12.2. The molecule has 17 heavy (non-hydrogen) atoms. The average Bonchev–Trinajstić information content (AvgIpc) is 2.29. The summed E-state index contributed by atoms with van der Waals surface area (Å²) in [4.78, 5) is 2.72. The second-order valence-electron chi connectivity index (χ2n) is 5.86. The maximum Gasteiger partial charge on any atom is 0.00670 e. The second-order valence-corrected chi connectivity index (χ2v) is 5.86. The first-order chi connectivity index (χ1) is 8.24. The van der Waals surface area contributed by atoms with E-state index >= 15 is 0 Å². The summed E-state index contributed by atoms with van der Waals surface area (Å²) in [5, 5.41) is 3.53. The number of nitrogens with one attached hydrogen (secondary N) is 1. The number of hydrogen-bond donors (Lipinski definition) is 1. The van der Waals surface area contributed by atoms with Gasteiger partial charge in [0.1, 0.15) is 0 Å². The minimum Gasteiger partial charge on any atom is -0.316 e. The Morgan fingerprint density at radius 1 is 1.29 bits per heavy atom. The topological polar surface area (TPSA) is 15.3 Å². The Morgan fingerprint density at radius 2 is 2.12 bits per heavy atom. The number of rotatable bonds is 6. The first-order valence-corrected chi connectivity index (χ1v) is 7.68. The molecule has 1 N–H and O–H groups in total.